The van der Waals surface area contributed by atoms with Crippen molar-refractivity contribution in [2.24, 2.45) is 5.92 Å². The van der Waals surface area contributed by atoms with E-state index in [2.05, 4.69) is 17.6 Å². The molecule has 0 saturated carbocycles. The highest BCUT2D eigenvalue weighted by molar-refractivity contribution is 5.92. The summed E-state index contributed by atoms with van der Waals surface area (Å²) in [5.41, 5.74) is 2.09. The van der Waals surface area contributed by atoms with Gasteiger partial charge in [-0.2, -0.15) is 0 Å². The normalized spacial score (nSPS) is 14.3. The molecule has 0 spiro atoms. The standard InChI is InChI=1S/C26H43N3O4/c1-11-12-19(6)27-23(30)22(20-14-13-17(4)15-18(20)5)29(10)24(31)21(16(2)3)28-25(32)33-26(7,8)9/h13-16,19,21-22H,11-12H2,1-10H3,(H,27,30)(H,28,32). The number of carbonyl (C=O) groups is 3. The van der Waals surface area contributed by atoms with Gasteiger partial charge in [-0.25, -0.2) is 4.79 Å². The van der Waals surface area contributed by atoms with Crippen LogP contribution in [-0.4, -0.2) is 47.5 Å². The van der Waals surface area contributed by atoms with Crippen LogP contribution in [0.1, 0.15) is 84.0 Å². The van der Waals surface area contributed by atoms with E-state index in [0.717, 1.165) is 29.5 Å². The first-order valence-corrected chi connectivity index (χ1v) is 11.8. The fraction of sp³-hybridized carbons (Fsp3) is 0.654. The lowest BCUT2D eigenvalue weighted by molar-refractivity contribution is -0.141. The first-order valence-electron chi connectivity index (χ1n) is 11.8. The minimum absolute atomic E-state index is 0.0139. The van der Waals surface area contributed by atoms with Gasteiger partial charge in [0.2, 0.25) is 11.8 Å². The number of hydrogen-bond acceptors (Lipinski definition) is 4. The van der Waals surface area contributed by atoms with Crippen molar-refractivity contribution in [3.05, 3.63) is 34.9 Å². The molecule has 2 N–H and O–H groups in total. The SMILES string of the molecule is CCCC(C)NC(=O)C(c1ccc(C)cc1C)N(C)C(=O)C(NC(=O)OC(C)(C)C)C(C)C. The van der Waals surface area contributed by atoms with Crippen LogP contribution >= 0.6 is 0 Å². The summed E-state index contributed by atoms with van der Waals surface area (Å²) in [5, 5.41) is 5.75. The molecule has 3 unspecified atom stereocenters. The number of alkyl carbamates (subject to hydrolysis) is 1. The van der Waals surface area contributed by atoms with Crippen molar-refractivity contribution in [3.63, 3.8) is 0 Å². The number of benzene rings is 1. The molecule has 0 aromatic heterocycles. The Kier molecular flexibility index (Phi) is 10.4. The van der Waals surface area contributed by atoms with E-state index in [-0.39, 0.29) is 23.8 Å². The van der Waals surface area contributed by atoms with Gasteiger partial charge in [-0.05, 0) is 65.0 Å². The Hall–Kier alpha value is -2.57. The summed E-state index contributed by atoms with van der Waals surface area (Å²) in [4.78, 5) is 40.8. The Bertz CT molecular complexity index is 829. The van der Waals surface area contributed by atoms with Crippen LogP contribution in [0, 0.1) is 19.8 Å². The van der Waals surface area contributed by atoms with Crippen molar-refractivity contribution < 1.29 is 19.1 Å². The molecule has 7 nitrogen and oxygen atoms in total. The summed E-state index contributed by atoms with van der Waals surface area (Å²) in [6, 6.07) is 4.17. The molecule has 0 saturated heterocycles. The molecule has 0 bridgehead atoms. The fourth-order valence-electron chi connectivity index (χ4n) is 3.78. The van der Waals surface area contributed by atoms with Crippen molar-refractivity contribution in [1.82, 2.24) is 15.5 Å². The quantitative estimate of drug-likeness (QED) is 0.560. The van der Waals surface area contributed by atoms with Gasteiger partial charge in [-0.15, -0.1) is 0 Å². The van der Waals surface area contributed by atoms with Crippen LogP contribution in [0.2, 0.25) is 0 Å². The maximum Gasteiger partial charge on any atom is 0.408 e. The van der Waals surface area contributed by atoms with Crippen LogP contribution in [0.5, 0.6) is 0 Å². The maximum atomic E-state index is 13.6. The summed E-state index contributed by atoms with van der Waals surface area (Å²) in [5.74, 6) is -0.785. The lowest BCUT2D eigenvalue weighted by atomic mass is 9.95. The lowest BCUT2D eigenvalue weighted by Gasteiger charge is -2.34. The van der Waals surface area contributed by atoms with E-state index in [1.807, 2.05) is 52.8 Å². The third kappa shape index (κ3) is 8.71. The predicted molar refractivity (Wildman–Crippen MR) is 132 cm³/mol. The molecule has 0 aliphatic rings. The number of carbonyl (C=O) groups excluding carboxylic acids is 3. The number of hydrogen-bond donors (Lipinski definition) is 2. The highest BCUT2D eigenvalue weighted by atomic mass is 16.6. The van der Waals surface area contributed by atoms with Crippen LogP contribution in [0.25, 0.3) is 0 Å². The highest BCUT2D eigenvalue weighted by Crippen LogP contribution is 2.26. The van der Waals surface area contributed by atoms with E-state index >= 15 is 0 Å². The Labute approximate surface area is 199 Å². The molecule has 1 aromatic carbocycles. The lowest BCUT2D eigenvalue weighted by Crippen LogP contribution is -2.54. The zero-order valence-corrected chi connectivity index (χ0v) is 22.0. The van der Waals surface area contributed by atoms with Crippen LogP contribution in [0.3, 0.4) is 0 Å². The van der Waals surface area contributed by atoms with Gasteiger partial charge < -0.3 is 20.3 Å². The minimum atomic E-state index is -0.834. The Balaban J connectivity index is 3.30. The van der Waals surface area contributed by atoms with Crippen molar-refractivity contribution in [1.29, 1.82) is 0 Å². The molecule has 7 heteroatoms. The number of nitrogens with zero attached hydrogens (tertiary/aromatic N) is 1. The molecule has 0 radical (unpaired) electrons. The summed E-state index contributed by atoms with van der Waals surface area (Å²) in [6.07, 6.45) is 1.13. The molecular formula is C26H43N3O4. The van der Waals surface area contributed by atoms with Gasteiger partial charge >= 0.3 is 6.09 Å². The van der Waals surface area contributed by atoms with E-state index in [1.54, 1.807) is 27.8 Å². The third-order valence-corrected chi connectivity index (χ3v) is 5.42. The topological polar surface area (TPSA) is 87.7 Å². The van der Waals surface area contributed by atoms with Crippen molar-refractivity contribution in [2.75, 3.05) is 7.05 Å². The Morgan fingerprint density at radius 1 is 1.06 bits per heavy atom. The second kappa shape index (κ2) is 12.1. The highest BCUT2D eigenvalue weighted by Gasteiger charge is 2.36. The second-order valence-corrected chi connectivity index (χ2v) is 10.3. The average molecular weight is 462 g/mol. The van der Waals surface area contributed by atoms with Gasteiger partial charge in [0.1, 0.15) is 17.7 Å². The minimum Gasteiger partial charge on any atom is -0.444 e. The molecular weight excluding hydrogens is 418 g/mol. The van der Waals surface area contributed by atoms with Crippen LogP contribution < -0.4 is 10.6 Å². The van der Waals surface area contributed by atoms with Crippen molar-refractivity contribution in [2.45, 2.75) is 98.9 Å². The number of ether oxygens (including phenoxy) is 1. The van der Waals surface area contributed by atoms with Gasteiger partial charge in [0.25, 0.3) is 0 Å². The van der Waals surface area contributed by atoms with E-state index in [0.29, 0.717) is 0 Å². The van der Waals surface area contributed by atoms with E-state index < -0.39 is 23.8 Å². The summed E-state index contributed by atoms with van der Waals surface area (Å²) >= 11 is 0. The maximum absolute atomic E-state index is 13.6. The van der Waals surface area contributed by atoms with Gasteiger partial charge in [-0.1, -0.05) is 51.0 Å². The Morgan fingerprint density at radius 3 is 2.15 bits per heavy atom. The number of rotatable bonds is 9. The predicted octanol–water partition coefficient (Wildman–Crippen LogP) is 4.66. The number of likely N-dealkylation sites (N-methyl/N-ethyl adjacent to an activating group) is 1. The van der Waals surface area contributed by atoms with Crippen LogP contribution in [0.15, 0.2) is 18.2 Å². The molecule has 0 aliphatic heterocycles. The average Bonchev–Trinajstić information content (AvgIpc) is 2.65. The van der Waals surface area contributed by atoms with Crippen molar-refractivity contribution >= 4 is 17.9 Å². The van der Waals surface area contributed by atoms with E-state index in [4.69, 9.17) is 4.74 Å². The summed E-state index contributed by atoms with van der Waals surface area (Å²) in [7, 11) is 1.61. The first-order chi connectivity index (χ1) is 15.2. The smallest absolute Gasteiger partial charge is 0.408 e. The molecule has 3 atom stereocenters. The van der Waals surface area contributed by atoms with Gasteiger partial charge in [0.05, 0.1) is 0 Å². The summed E-state index contributed by atoms with van der Waals surface area (Å²) in [6.45, 7) is 17.0. The Morgan fingerprint density at radius 2 is 1.67 bits per heavy atom. The largest absolute Gasteiger partial charge is 0.444 e. The zero-order chi connectivity index (χ0) is 25.5. The number of nitrogens with one attached hydrogen (secondary N) is 2. The van der Waals surface area contributed by atoms with Crippen molar-refractivity contribution in [3.8, 4) is 0 Å². The van der Waals surface area contributed by atoms with Gasteiger partial charge in [0.15, 0.2) is 0 Å². The zero-order valence-electron chi connectivity index (χ0n) is 22.0. The van der Waals surface area contributed by atoms with E-state index in [1.165, 1.54) is 4.90 Å². The van der Waals surface area contributed by atoms with Gasteiger partial charge in [0, 0.05) is 13.1 Å². The van der Waals surface area contributed by atoms with E-state index in [9.17, 15) is 14.4 Å². The fourth-order valence-corrected chi connectivity index (χ4v) is 3.78. The van der Waals surface area contributed by atoms with Crippen LogP contribution in [-0.2, 0) is 14.3 Å². The monoisotopic (exact) mass is 461 g/mol. The summed E-state index contributed by atoms with van der Waals surface area (Å²) < 4.78 is 5.35. The molecule has 1 aromatic rings. The molecule has 1 rings (SSSR count). The molecule has 0 aliphatic carbocycles. The molecule has 3 amide bonds. The number of aryl methyl sites for hydroxylation is 2. The molecule has 0 fully saturated rings. The molecule has 33 heavy (non-hydrogen) atoms. The second-order valence-electron chi connectivity index (χ2n) is 10.3. The number of amides is 3. The van der Waals surface area contributed by atoms with Gasteiger partial charge in [-0.3, -0.25) is 9.59 Å². The van der Waals surface area contributed by atoms with Crippen LogP contribution in [0.4, 0.5) is 4.79 Å². The third-order valence-electron chi connectivity index (χ3n) is 5.42. The molecule has 186 valence electrons. The molecule has 0 heterocycles. The first kappa shape index (κ1) is 28.5.